The van der Waals surface area contributed by atoms with Crippen LogP contribution in [0, 0.1) is 0 Å². The number of carbonyl (C=O) groups is 1. The average Bonchev–Trinajstić information content (AvgIpc) is 2.39. The smallest absolute Gasteiger partial charge is 0.250 e. The second-order valence-corrected chi connectivity index (χ2v) is 3.89. The third kappa shape index (κ3) is 2.72. The number of morpholine rings is 1. The lowest BCUT2D eigenvalue weighted by Crippen LogP contribution is -2.44. The van der Waals surface area contributed by atoms with E-state index >= 15 is 0 Å². The molecule has 1 aromatic heterocycles. The molecule has 1 aliphatic rings. The molecule has 1 aromatic rings. The van der Waals surface area contributed by atoms with E-state index < -0.39 is 5.91 Å². The SMILES string of the molecule is NC(=O)c1ccc(N2CCOC(CO)C2)nc1. The van der Waals surface area contributed by atoms with Crippen LogP contribution < -0.4 is 10.6 Å². The summed E-state index contributed by atoms with van der Waals surface area (Å²) < 4.78 is 5.35. The van der Waals surface area contributed by atoms with Gasteiger partial charge in [-0.2, -0.15) is 0 Å². The lowest BCUT2D eigenvalue weighted by molar-refractivity contribution is 0.00336. The van der Waals surface area contributed by atoms with E-state index in [1.54, 1.807) is 12.1 Å². The highest BCUT2D eigenvalue weighted by Crippen LogP contribution is 2.15. The van der Waals surface area contributed by atoms with E-state index in [4.69, 9.17) is 15.6 Å². The molecule has 1 aliphatic heterocycles. The van der Waals surface area contributed by atoms with Crippen molar-refractivity contribution in [2.75, 3.05) is 31.2 Å². The number of rotatable bonds is 3. The summed E-state index contributed by atoms with van der Waals surface area (Å²) in [7, 11) is 0. The van der Waals surface area contributed by atoms with Crippen molar-refractivity contribution in [1.29, 1.82) is 0 Å². The van der Waals surface area contributed by atoms with E-state index in [0.717, 1.165) is 12.4 Å². The van der Waals surface area contributed by atoms with Crippen molar-refractivity contribution in [1.82, 2.24) is 4.98 Å². The van der Waals surface area contributed by atoms with Crippen LogP contribution in [0.25, 0.3) is 0 Å². The number of amides is 1. The zero-order valence-corrected chi connectivity index (χ0v) is 9.37. The molecule has 6 heteroatoms. The van der Waals surface area contributed by atoms with Crippen LogP contribution in [0.2, 0.25) is 0 Å². The summed E-state index contributed by atoms with van der Waals surface area (Å²) in [5.41, 5.74) is 5.53. The molecule has 1 amide bonds. The minimum atomic E-state index is -0.487. The van der Waals surface area contributed by atoms with Gasteiger partial charge in [0.05, 0.1) is 24.9 Å². The second-order valence-electron chi connectivity index (χ2n) is 3.89. The monoisotopic (exact) mass is 237 g/mol. The van der Waals surface area contributed by atoms with Crippen molar-refractivity contribution < 1.29 is 14.6 Å². The number of anilines is 1. The van der Waals surface area contributed by atoms with Crippen LogP contribution in [0.15, 0.2) is 18.3 Å². The minimum absolute atomic E-state index is 0.00410. The maximum Gasteiger partial charge on any atom is 0.250 e. The fourth-order valence-corrected chi connectivity index (χ4v) is 1.76. The molecule has 1 unspecified atom stereocenters. The Morgan fingerprint density at radius 3 is 3.06 bits per heavy atom. The summed E-state index contributed by atoms with van der Waals surface area (Å²) in [6, 6.07) is 3.40. The predicted octanol–water partition coefficient (Wildman–Crippen LogP) is -0.622. The van der Waals surface area contributed by atoms with E-state index in [9.17, 15) is 4.79 Å². The molecule has 6 nitrogen and oxygen atoms in total. The molecular formula is C11H15N3O3. The number of hydrogen-bond acceptors (Lipinski definition) is 5. The molecule has 0 aromatic carbocycles. The Balaban J connectivity index is 2.08. The van der Waals surface area contributed by atoms with Gasteiger partial charge in [0.2, 0.25) is 5.91 Å². The predicted molar refractivity (Wildman–Crippen MR) is 61.8 cm³/mol. The summed E-state index contributed by atoms with van der Waals surface area (Å²) in [6.07, 6.45) is 1.28. The van der Waals surface area contributed by atoms with Crippen molar-refractivity contribution in [2.24, 2.45) is 5.73 Å². The topological polar surface area (TPSA) is 88.7 Å². The van der Waals surface area contributed by atoms with Gasteiger partial charge >= 0.3 is 0 Å². The Bertz CT molecular complexity index is 393. The van der Waals surface area contributed by atoms with E-state index in [0.29, 0.717) is 18.7 Å². The first kappa shape index (κ1) is 11.8. The number of aliphatic hydroxyl groups excluding tert-OH is 1. The highest BCUT2D eigenvalue weighted by Gasteiger charge is 2.20. The van der Waals surface area contributed by atoms with Gasteiger partial charge in [0.15, 0.2) is 0 Å². The summed E-state index contributed by atoms with van der Waals surface area (Å²) in [5, 5.41) is 9.04. The van der Waals surface area contributed by atoms with Gasteiger partial charge in [-0.15, -0.1) is 0 Å². The molecule has 3 N–H and O–H groups in total. The van der Waals surface area contributed by atoms with Crippen LogP contribution in [0.3, 0.4) is 0 Å². The van der Waals surface area contributed by atoms with Gasteiger partial charge in [-0.3, -0.25) is 4.79 Å². The van der Waals surface area contributed by atoms with Crippen molar-refractivity contribution in [3.05, 3.63) is 23.9 Å². The largest absolute Gasteiger partial charge is 0.394 e. The number of hydrogen-bond donors (Lipinski definition) is 2. The highest BCUT2D eigenvalue weighted by molar-refractivity contribution is 5.92. The number of aliphatic hydroxyl groups is 1. The maximum atomic E-state index is 10.9. The Morgan fingerprint density at radius 2 is 2.47 bits per heavy atom. The molecule has 1 atom stereocenters. The number of carbonyl (C=O) groups excluding carboxylic acids is 1. The summed E-state index contributed by atoms with van der Waals surface area (Å²) in [5.74, 6) is 0.274. The third-order valence-electron chi connectivity index (χ3n) is 2.70. The minimum Gasteiger partial charge on any atom is -0.394 e. The Labute approximate surface area is 99.0 Å². The first-order valence-electron chi connectivity index (χ1n) is 5.44. The fourth-order valence-electron chi connectivity index (χ4n) is 1.76. The summed E-state index contributed by atoms with van der Waals surface area (Å²) >= 11 is 0. The lowest BCUT2D eigenvalue weighted by Gasteiger charge is -2.32. The molecule has 0 radical (unpaired) electrons. The van der Waals surface area contributed by atoms with Gasteiger partial charge in [-0.1, -0.05) is 0 Å². The Hall–Kier alpha value is -1.66. The van der Waals surface area contributed by atoms with E-state index in [2.05, 4.69) is 4.98 Å². The summed E-state index contributed by atoms with van der Waals surface area (Å²) in [4.78, 5) is 17.1. The van der Waals surface area contributed by atoms with Crippen LogP contribution in [0.1, 0.15) is 10.4 Å². The zero-order valence-electron chi connectivity index (χ0n) is 9.37. The van der Waals surface area contributed by atoms with Gasteiger partial charge < -0.3 is 20.5 Å². The van der Waals surface area contributed by atoms with E-state index in [-0.39, 0.29) is 12.7 Å². The zero-order chi connectivity index (χ0) is 12.3. The molecule has 2 rings (SSSR count). The van der Waals surface area contributed by atoms with Crippen molar-refractivity contribution in [2.45, 2.75) is 6.10 Å². The van der Waals surface area contributed by atoms with Crippen LogP contribution >= 0.6 is 0 Å². The molecule has 0 bridgehead atoms. The van der Waals surface area contributed by atoms with Gasteiger partial charge in [0.1, 0.15) is 5.82 Å². The maximum absolute atomic E-state index is 10.9. The van der Waals surface area contributed by atoms with Gasteiger partial charge in [-0.25, -0.2) is 4.98 Å². The average molecular weight is 237 g/mol. The number of aromatic nitrogens is 1. The number of nitrogens with zero attached hydrogens (tertiary/aromatic N) is 2. The van der Waals surface area contributed by atoms with Gasteiger partial charge in [-0.05, 0) is 12.1 Å². The Kier molecular flexibility index (Phi) is 3.55. The number of ether oxygens (including phenoxy) is 1. The second kappa shape index (κ2) is 5.11. The van der Waals surface area contributed by atoms with Crippen LogP contribution in [-0.2, 0) is 4.74 Å². The van der Waals surface area contributed by atoms with E-state index in [1.807, 2.05) is 4.90 Å². The lowest BCUT2D eigenvalue weighted by atomic mass is 10.2. The number of nitrogens with two attached hydrogens (primary N) is 1. The van der Waals surface area contributed by atoms with Crippen LogP contribution in [0.5, 0.6) is 0 Å². The number of primary amides is 1. The van der Waals surface area contributed by atoms with Crippen molar-refractivity contribution >= 4 is 11.7 Å². The third-order valence-corrected chi connectivity index (χ3v) is 2.70. The molecule has 0 aliphatic carbocycles. The molecule has 1 fully saturated rings. The quantitative estimate of drug-likeness (QED) is 0.731. The fraction of sp³-hybridized carbons (Fsp3) is 0.455. The van der Waals surface area contributed by atoms with Crippen molar-refractivity contribution in [3.63, 3.8) is 0 Å². The van der Waals surface area contributed by atoms with E-state index in [1.165, 1.54) is 6.20 Å². The van der Waals surface area contributed by atoms with Crippen molar-refractivity contribution in [3.8, 4) is 0 Å². The highest BCUT2D eigenvalue weighted by atomic mass is 16.5. The molecule has 92 valence electrons. The normalized spacial score (nSPS) is 20.3. The first-order chi connectivity index (χ1) is 8.20. The molecule has 0 spiro atoms. The van der Waals surface area contributed by atoms with Gasteiger partial charge in [0.25, 0.3) is 0 Å². The Morgan fingerprint density at radius 1 is 1.65 bits per heavy atom. The molecule has 1 saturated heterocycles. The van der Waals surface area contributed by atoms with Gasteiger partial charge in [0, 0.05) is 19.3 Å². The molecular weight excluding hydrogens is 222 g/mol. The first-order valence-corrected chi connectivity index (χ1v) is 5.44. The standard InChI is InChI=1S/C11H15N3O3/c12-11(16)8-1-2-10(13-5-8)14-3-4-17-9(6-14)7-15/h1-2,5,9,15H,3-4,6-7H2,(H2,12,16). The molecule has 0 saturated carbocycles. The summed E-state index contributed by atoms with van der Waals surface area (Å²) in [6.45, 7) is 1.87. The number of pyridine rings is 1. The van der Waals surface area contributed by atoms with Crippen LogP contribution in [0.4, 0.5) is 5.82 Å². The van der Waals surface area contributed by atoms with Crippen LogP contribution in [-0.4, -0.2) is 48.4 Å². The molecule has 17 heavy (non-hydrogen) atoms. The molecule has 2 heterocycles.